The van der Waals surface area contributed by atoms with Crippen molar-refractivity contribution in [1.29, 1.82) is 0 Å². The second-order valence-electron chi connectivity index (χ2n) is 7.08. The number of aliphatic hydroxyl groups excluding tert-OH is 1. The molecule has 0 radical (unpaired) electrons. The third-order valence-corrected chi connectivity index (χ3v) is 4.65. The zero-order valence-corrected chi connectivity index (χ0v) is 15.2. The molecular weight excluding hydrogens is 320 g/mol. The number of allylic oxidation sites excluding steroid dienone is 2. The molecule has 0 aromatic carbocycles. The lowest BCUT2D eigenvalue weighted by atomic mass is 9.93. The summed E-state index contributed by atoms with van der Waals surface area (Å²) in [4.78, 5) is 23.6. The highest BCUT2D eigenvalue weighted by atomic mass is 16.5. The van der Waals surface area contributed by atoms with Crippen LogP contribution in [-0.4, -0.2) is 39.8 Å². The highest BCUT2D eigenvalue weighted by Crippen LogP contribution is 2.26. The summed E-state index contributed by atoms with van der Waals surface area (Å²) >= 11 is 0. The van der Waals surface area contributed by atoms with Crippen LogP contribution in [0.3, 0.4) is 0 Å². The maximum Gasteiger partial charge on any atom is 0.333 e. The van der Waals surface area contributed by atoms with Gasteiger partial charge >= 0.3 is 5.97 Å². The Morgan fingerprint density at radius 1 is 1.36 bits per heavy atom. The summed E-state index contributed by atoms with van der Waals surface area (Å²) in [6.45, 7) is 6.90. The van der Waals surface area contributed by atoms with Crippen molar-refractivity contribution in [2.45, 2.75) is 64.8 Å². The number of hydrogen-bond acceptors (Lipinski definition) is 5. The Morgan fingerprint density at radius 2 is 2.04 bits per heavy atom. The molecule has 0 unspecified atom stereocenters. The van der Waals surface area contributed by atoms with E-state index >= 15 is 0 Å². The monoisotopic (exact) mass is 346 g/mol. The molecule has 1 heterocycles. The molecular formula is C20H26O5. The van der Waals surface area contributed by atoms with Gasteiger partial charge in [-0.15, -0.1) is 0 Å². The van der Waals surface area contributed by atoms with Crippen LogP contribution in [-0.2, 0) is 14.3 Å². The van der Waals surface area contributed by atoms with Crippen LogP contribution in [0.25, 0.3) is 0 Å². The van der Waals surface area contributed by atoms with Gasteiger partial charge in [0, 0.05) is 17.6 Å². The number of hydrogen-bond donors (Lipinski definition) is 2. The Bertz CT molecular complexity index is 691. The lowest BCUT2D eigenvalue weighted by molar-refractivity contribution is -0.143. The second-order valence-corrected chi connectivity index (χ2v) is 7.08. The van der Waals surface area contributed by atoms with Crippen molar-refractivity contribution in [1.82, 2.24) is 0 Å². The summed E-state index contributed by atoms with van der Waals surface area (Å²) in [7, 11) is 0. The maximum absolute atomic E-state index is 12.0. The van der Waals surface area contributed by atoms with Crippen LogP contribution in [0.2, 0.25) is 0 Å². The summed E-state index contributed by atoms with van der Waals surface area (Å²) in [5.41, 5.74) is 1.08. The van der Waals surface area contributed by atoms with Crippen molar-refractivity contribution in [2.75, 3.05) is 0 Å². The average Bonchev–Trinajstić information content (AvgIpc) is 2.76. The summed E-state index contributed by atoms with van der Waals surface area (Å²) in [5.74, 6) is -0.520. The number of carbonyl (C=O) groups excluding carboxylic acids is 2. The normalized spacial score (nSPS) is 28.6. The Balaban J connectivity index is 1.96. The zero-order chi connectivity index (χ0) is 18.8. The molecule has 0 saturated heterocycles. The lowest BCUT2D eigenvalue weighted by Crippen LogP contribution is -2.25. The van der Waals surface area contributed by atoms with E-state index in [1.54, 1.807) is 20.8 Å². The van der Waals surface area contributed by atoms with E-state index in [2.05, 4.69) is 0 Å². The standard InChI is InChI=1S/C20H26O5/c1-12(17-8-7-13(2)19(23)25-17)6-5-9-20(4,24)11-15-16(21)10-14(3)18(15)22/h6-7,10-11,16-17,21,24H,5,8-9H2,1-4H3/b12-6+,15-11+/t16-,17+,20-/m1/s1. The van der Waals surface area contributed by atoms with E-state index < -0.39 is 11.7 Å². The summed E-state index contributed by atoms with van der Waals surface area (Å²) in [6.07, 6.45) is 7.15. The Hall–Kier alpha value is -1.98. The van der Waals surface area contributed by atoms with E-state index in [0.717, 1.165) is 5.57 Å². The third-order valence-electron chi connectivity index (χ3n) is 4.65. The lowest BCUT2D eigenvalue weighted by Gasteiger charge is -2.23. The molecule has 0 aromatic heterocycles. The van der Waals surface area contributed by atoms with E-state index in [-0.39, 0.29) is 23.4 Å². The first kappa shape index (κ1) is 19.3. The van der Waals surface area contributed by atoms with Gasteiger partial charge in [-0.05, 0) is 63.8 Å². The number of aliphatic hydroxyl groups is 2. The van der Waals surface area contributed by atoms with Gasteiger partial charge < -0.3 is 14.9 Å². The zero-order valence-electron chi connectivity index (χ0n) is 15.2. The first-order valence-corrected chi connectivity index (χ1v) is 8.51. The molecule has 25 heavy (non-hydrogen) atoms. The molecule has 3 atom stereocenters. The van der Waals surface area contributed by atoms with Gasteiger partial charge in [0.1, 0.15) is 12.2 Å². The number of ether oxygens (including phenoxy) is 1. The molecule has 5 heteroatoms. The van der Waals surface area contributed by atoms with Crippen LogP contribution in [0.15, 0.2) is 46.6 Å². The summed E-state index contributed by atoms with van der Waals surface area (Å²) in [6, 6.07) is 0. The van der Waals surface area contributed by atoms with Crippen LogP contribution in [0.4, 0.5) is 0 Å². The molecule has 2 aliphatic rings. The van der Waals surface area contributed by atoms with Crippen LogP contribution in [0.1, 0.15) is 47.0 Å². The van der Waals surface area contributed by atoms with Crippen LogP contribution in [0, 0.1) is 0 Å². The van der Waals surface area contributed by atoms with Gasteiger partial charge in [0.2, 0.25) is 0 Å². The summed E-state index contributed by atoms with van der Waals surface area (Å²) < 4.78 is 5.36. The van der Waals surface area contributed by atoms with E-state index in [4.69, 9.17) is 4.74 Å². The number of ketones is 1. The first-order valence-electron chi connectivity index (χ1n) is 8.51. The molecule has 0 bridgehead atoms. The molecule has 2 N–H and O–H groups in total. The molecule has 1 aliphatic carbocycles. The Morgan fingerprint density at radius 3 is 2.60 bits per heavy atom. The Labute approximate surface area is 148 Å². The largest absolute Gasteiger partial charge is 0.454 e. The molecule has 0 amide bonds. The van der Waals surface area contributed by atoms with Crippen molar-refractivity contribution >= 4 is 11.8 Å². The molecule has 5 nitrogen and oxygen atoms in total. The topological polar surface area (TPSA) is 83.8 Å². The van der Waals surface area contributed by atoms with E-state index in [1.165, 1.54) is 12.2 Å². The first-order chi connectivity index (χ1) is 11.6. The molecule has 1 aliphatic heterocycles. The minimum Gasteiger partial charge on any atom is -0.454 e. The molecule has 136 valence electrons. The molecule has 0 fully saturated rings. The maximum atomic E-state index is 12.0. The van der Waals surface area contributed by atoms with Crippen molar-refractivity contribution in [3.05, 3.63) is 46.6 Å². The average molecular weight is 346 g/mol. The van der Waals surface area contributed by atoms with Crippen LogP contribution < -0.4 is 0 Å². The van der Waals surface area contributed by atoms with Crippen molar-refractivity contribution in [2.24, 2.45) is 0 Å². The number of cyclic esters (lactones) is 1. The third kappa shape index (κ3) is 4.77. The van der Waals surface area contributed by atoms with E-state index in [9.17, 15) is 19.8 Å². The molecule has 0 aromatic rings. The van der Waals surface area contributed by atoms with E-state index in [0.29, 0.717) is 30.4 Å². The smallest absolute Gasteiger partial charge is 0.333 e. The summed E-state index contributed by atoms with van der Waals surface area (Å²) in [5, 5.41) is 20.4. The second kappa shape index (κ2) is 7.50. The SMILES string of the molecule is CC1=CC[C@@H](/C(C)=C/CC[C@@](C)(O)/C=C2/C(=O)C(C)=C[C@H]2O)OC1=O. The highest BCUT2D eigenvalue weighted by Gasteiger charge is 2.29. The van der Waals surface area contributed by atoms with Gasteiger partial charge in [-0.3, -0.25) is 4.79 Å². The number of Topliss-reactive ketones (excluding diaryl/α,β-unsaturated/α-hetero) is 1. The van der Waals surface area contributed by atoms with Gasteiger partial charge in [0.25, 0.3) is 0 Å². The van der Waals surface area contributed by atoms with Crippen LogP contribution in [0.5, 0.6) is 0 Å². The minimum absolute atomic E-state index is 0.226. The van der Waals surface area contributed by atoms with Gasteiger partial charge in [-0.2, -0.15) is 0 Å². The number of esters is 1. The molecule has 0 saturated carbocycles. The molecule has 0 spiro atoms. The van der Waals surface area contributed by atoms with Crippen LogP contribution >= 0.6 is 0 Å². The van der Waals surface area contributed by atoms with Gasteiger partial charge in [-0.25, -0.2) is 4.79 Å². The number of carbonyl (C=O) groups is 2. The Kier molecular flexibility index (Phi) is 5.80. The fraction of sp³-hybridized carbons (Fsp3) is 0.500. The van der Waals surface area contributed by atoms with Crippen molar-refractivity contribution < 1.29 is 24.5 Å². The van der Waals surface area contributed by atoms with Crippen molar-refractivity contribution in [3.63, 3.8) is 0 Å². The fourth-order valence-electron chi connectivity index (χ4n) is 2.96. The van der Waals surface area contributed by atoms with Gasteiger partial charge in [-0.1, -0.05) is 12.2 Å². The minimum atomic E-state index is -1.21. The van der Waals surface area contributed by atoms with Gasteiger partial charge in [0.05, 0.1) is 5.60 Å². The van der Waals surface area contributed by atoms with Gasteiger partial charge in [0.15, 0.2) is 5.78 Å². The van der Waals surface area contributed by atoms with E-state index in [1.807, 2.05) is 19.1 Å². The molecule has 2 rings (SSSR count). The van der Waals surface area contributed by atoms with Crippen molar-refractivity contribution in [3.8, 4) is 0 Å². The number of rotatable bonds is 5. The highest BCUT2D eigenvalue weighted by molar-refractivity contribution is 6.11. The fourth-order valence-corrected chi connectivity index (χ4v) is 2.96. The predicted octanol–water partition coefficient (Wildman–Crippen LogP) is 2.54. The quantitative estimate of drug-likeness (QED) is 0.454. The predicted molar refractivity (Wildman–Crippen MR) is 94.7 cm³/mol.